The predicted octanol–water partition coefficient (Wildman–Crippen LogP) is 6.41. The molecular weight excluding hydrogens is 466 g/mol. The lowest BCUT2D eigenvalue weighted by Gasteiger charge is -2.30. The van der Waals surface area contributed by atoms with Crippen LogP contribution in [0.25, 0.3) is 21.3 Å². The van der Waals surface area contributed by atoms with E-state index in [4.69, 9.17) is 9.26 Å². The molecule has 0 N–H and O–H groups in total. The first-order valence-electron chi connectivity index (χ1n) is 11.8. The molecule has 5 rings (SSSR count). The molecule has 0 bridgehead atoms. The van der Waals surface area contributed by atoms with Crippen LogP contribution in [-0.2, 0) is 0 Å². The summed E-state index contributed by atoms with van der Waals surface area (Å²) in [6, 6.07) is 9.35. The van der Waals surface area contributed by atoms with E-state index in [0.717, 1.165) is 53.3 Å². The Labute approximate surface area is 207 Å². The summed E-state index contributed by atoms with van der Waals surface area (Å²) < 4.78 is 12.8. The van der Waals surface area contributed by atoms with E-state index in [-0.39, 0.29) is 12.0 Å². The van der Waals surface area contributed by atoms with Crippen molar-refractivity contribution in [1.82, 2.24) is 20.1 Å². The molecule has 1 fully saturated rings. The van der Waals surface area contributed by atoms with Crippen LogP contribution in [0.15, 0.2) is 45.4 Å². The van der Waals surface area contributed by atoms with Crippen LogP contribution >= 0.6 is 23.1 Å². The average Bonchev–Trinajstić information content (AvgIpc) is 3.52. The lowest BCUT2D eigenvalue weighted by molar-refractivity contribution is 0.164. The highest BCUT2D eigenvalue weighted by molar-refractivity contribution is 7.99. The van der Waals surface area contributed by atoms with E-state index in [1.807, 2.05) is 11.8 Å². The fraction of sp³-hybridized carbons (Fsp3) is 0.440. The Morgan fingerprint density at radius 1 is 1.18 bits per heavy atom. The third-order valence-corrected chi connectivity index (χ3v) is 8.07. The van der Waals surface area contributed by atoms with Gasteiger partial charge in [0, 0.05) is 47.7 Å². The van der Waals surface area contributed by atoms with Crippen molar-refractivity contribution < 1.29 is 9.26 Å². The molecular formula is C25H29N5O2S2. The second-order valence-corrected chi connectivity index (χ2v) is 10.8. The quantitative estimate of drug-likeness (QED) is 0.259. The van der Waals surface area contributed by atoms with Gasteiger partial charge >= 0.3 is 6.01 Å². The molecule has 4 heterocycles. The van der Waals surface area contributed by atoms with E-state index in [1.54, 1.807) is 17.7 Å². The van der Waals surface area contributed by atoms with Crippen molar-refractivity contribution >= 4 is 39.3 Å². The number of anilines is 1. The number of nitrogens with zero attached hydrogens (tertiary/aromatic N) is 5. The molecule has 0 atom stereocenters. The summed E-state index contributed by atoms with van der Waals surface area (Å²) in [5, 5.41) is 6.24. The number of benzene rings is 1. The Kier molecular flexibility index (Phi) is 7.01. The van der Waals surface area contributed by atoms with Crippen molar-refractivity contribution in [3.8, 4) is 17.0 Å². The lowest BCUT2D eigenvalue weighted by Crippen LogP contribution is -2.38. The molecule has 0 aliphatic carbocycles. The van der Waals surface area contributed by atoms with Gasteiger partial charge in [-0.1, -0.05) is 38.1 Å². The summed E-state index contributed by atoms with van der Waals surface area (Å²) in [7, 11) is 0. The maximum absolute atomic E-state index is 6.37. The van der Waals surface area contributed by atoms with Gasteiger partial charge in [-0.25, -0.2) is 9.97 Å². The molecule has 0 unspecified atom stereocenters. The summed E-state index contributed by atoms with van der Waals surface area (Å²) in [5.41, 5.74) is 3.25. The minimum Gasteiger partial charge on any atom is -0.473 e. The first kappa shape index (κ1) is 23.1. The van der Waals surface area contributed by atoms with Crippen molar-refractivity contribution in [3.05, 3.63) is 41.8 Å². The van der Waals surface area contributed by atoms with Crippen molar-refractivity contribution in [1.29, 1.82) is 0 Å². The highest BCUT2D eigenvalue weighted by atomic mass is 32.2. The van der Waals surface area contributed by atoms with Crippen molar-refractivity contribution in [2.75, 3.05) is 23.7 Å². The van der Waals surface area contributed by atoms with E-state index in [0.29, 0.717) is 11.9 Å². The molecule has 1 aliphatic rings. The van der Waals surface area contributed by atoms with Gasteiger partial charge in [-0.15, -0.1) is 23.1 Å². The maximum Gasteiger partial charge on any atom is 0.324 e. The van der Waals surface area contributed by atoms with Crippen LogP contribution in [0.2, 0.25) is 0 Å². The zero-order valence-corrected chi connectivity index (χ0v) is 21.4. The minimum absolute atomic E-state index is 0.0993. The number of ether oxygens (including phenoxy) is 1. The minimum atomic E-state index is 0.0993. The number of thiophene rings is 1. The molecule has 9 heteroatoms. The van der Waals surface area contributed by atoms with E-state index >= 15 is 0 Å². The second-order valence-electron chi connectivity index (χ2n) is 8.77. The molecule has 3 aromatic heterocycles. The molecule has 1 saturated heterocycles. The topological polar surface area (TPSA) is 77.2 Å². The average molecular weight is 496 g/mol. The van der Waals surface area contributed by atoms with Crippen LogP contribution in [0.4, 0.5) is 6.01 Å². The molecule has 0 saturated carbocycles. The number of aromatic nitrogens is 4. The maximum atomic E-state index is 6.37. The van der Waals surface area contributed by atoms with Crippen LogP contribution in [0.5, 0.6) is 5.88 Å². The number of hydrogen-bond donors (Lipinski definition) is 0. The monoisotopic (exact) mass is 495 g/mol. The molecule has 7 nitrogen and oxygen atoms in total. The molecule has 0 radical (unpaired) electrons. The lowest BCUT2D eigenvalue weighted by atomic mass is 10.1. The van der Waals surface area contributed by atoms with E-state index in [9.17, 15) is 0 Å². The molecule has 4 aromatic rings. The van der Waals surface area contributed by atoms with Crippen LogP contribution in [0.1, 0.15) is 51.8 Å². The summed E-state index contributed by atoms with van der Waals surface area (Å²) in [4.78, 5) is 17.0. The van der Waals surface area contributed by atoms with Crippen LogP contribution in [0.3, 0.4) is 0 Å². The highest BCUT2D eigenvalue weighted by Gasteiger charge is 2.26. The van der Waals surface area contributed by atoms with Gasteiger partial charge in [-0.2, -0.15) is 4.98 Å². The van der Waals surface area contributed by atoms with Gasteiger partial charge in [0.1, 0.15) is 17.1 Å². The summed E-state index contributed by atoms with van der Waals surface area (Å²) in [6.45, 7) is 7.97. The number of rotatable bonds is 8. The molecule has 0 amide bonds. The first-order chi connectivity index (χ1) is 16.6. The van der Waals surface area contributed by atoms with E-state index in [2.05, 4.69) is 75.4 Å². The highest BCUT2D eigenvalue weighted by Crippen LogP contribution is 2.38. The fourth-order valence-electron chi connectivity index (χ4n) is 3.98. The van der Waals surface area contributed by atoms with E-state index < -0.39 is 0 Å². The molecule has 34 heavy (non-hydrogen) atoms. The Morgan fingerprint density at radius 3 is 2.68 bits per heavy atom. The normalized spacial score (nSPS) is 14.9. The zero-order chi connectivity index (χ0) is 23.5. The third kappa shape index (κ3) is 4.90. The Bertz CT molecular complexity index is 1230. The largest absolute Gasteiger partial charge is 0.473 e. The van der Waals surface area contributed by atoms with Gasteiger partial charge in [0.25, 0.3) is 0 Å². The van der Waals surface area contributed by atoms with Gasteiger partial charge < -0.3 is 14.2 Å². The number of hydrogen-bond acceptors (Lipinski definition) is 9. The summed E-state index contributed by atoms with van der Waals surface area (Å²) in [6.07, 6.45) is 4.64. The molecule has 178 valence electrons. The molecule has 0 spiro atoms. The Morgan fingerprint density at radius 2 is 1.97 bits per heavy atom. The van der Waals surface area contributed by atoms with E-state index in [1.165, 1.54) is 16.9 Å². The summed E-state index contributed by atoms with van der Waals surface area (Å²) >= 11 is 3.54. The van der Waals surface area contributed by atoms with Gasteiger partial charge in [0.2, 0.25) is 5.88 Å². The van der Waals surface area contributed by atoms with Gasteiger partial charge in [0.05, 0.1) is 5.52 Å². The van der Waals surface area contributed by atoms with Crippen molar-refractivity contribution in [2.24, 2.45) is 0 Å². The Hall–Kier alpha value is -2.65. The molecule has 1 aliphatic heterocycles. The second kappa shape index (κ2) is 10.3. The zero-order valence-electron chi connectivity index (χ0n) is 19.7. The Balaban J connectivity index is 1.26. The van der Waals surface area contributed by atoms with Gasteiger partial charge in [-0.3, -0.25) is 0 Å². The predicted molar refractivity (Wildman–Crippen MR) is 138 cm³/mol. The number of piperidine rings is 1. The number of thioether (sulfide) groups is 1. The van der Waals surface area contributed by atoms with Crippen molar-refractivity contribution in [2.45, 2.75) is 57.0 Å². The smallest absolute Gasteiger partial charge is 0.324 e. The standard InChI is InChI=1S/C25H29N5O2S2/c1-4-13-33-19-7-5-17(6-8-19)20-14-34-22-21(20)26-15-27-24(22)31-18-9-11-30(12-10-18)25-28-23(16(2)3)29-32-25/h5-8,14-16,18H,4,9-13H2,1-3H3. The van der Waals surface area contributed by atoms with Gasteiger partial charge in [0.15, 0.2) is 5.82 Å². The van der Waals surface area contributed by atoms with Crippen LogP contribution in [0, 0.1) is 0 Å². The van der Waals surface area contributed by atoms with Crippen LogP contribution in [-0.4, -0.2) is 45.1 Å². The van der Waals surface area contributed by atoms with Crippen LogP contribution < -0.4 is 9.64 Å². The summed E-state index contributed by atoms with van der Waals surface area (Å²) in [5.74, 6) is 2.82. The molecule has 1 aromatic carbocycles. The number of fused-ring (bicyclic) bond motifs is 1. The van der Waals surface area contributed by atoms with Gasteiger partial charge in [-0.05, 0) is 29.9 Å². The fourth-order valence-corrected chi connectivity index (χ4v) is 5.71. The third-order valence-electron chi connectivity index (χ3n) is 5.90. The SMILES string of the molecule is CCCSc1ccc(-c2csc3c(OC4CCN(c5nc(C(C)C)no5)CC4)ncnc23)cc1. The van der Waals surface area contributed by atoms with Crippen molar-refractivity contribution in [3.63, 3.8) is 0 Å². The first-order valence-corrected chi connectivity index (χ1v) is 13.7.